The van der Waals surface area contributed by atoms with Crippen LogP contribution in [0.25, 0.3) is 0 Å². The Morgan fingerprint density at radius 3 is 2.27 bits per heavy atom. The van der Waals surface area contributed by atoms with Gasteiger partial charge in [-0.3, -0.25) is 4.79 Å². The van der Waals surface area contributed by atoms with Gasteiger partial charge in [0.15, 0.2) is 0 Å². The molecule has 7 heteroatoms. The number of benzene rings is 1. The predicted octanol–water partition coefficient (Wildman–Crippen LogP) is 2.55. The van der Waals surface area contributed by atoms with Crippen LogP contribution in [0.3, 0.4) is 0 Å². The van der Waals surface area contributed by atoms with Crippen LogP contribution in [0.15, 0.2) is 30.3 Å². The number of carboxylic acids is 1. The lowest BCUT2D eigenvalue weighted by atomic mass is 10.1. The van der Waals surface area contributed by atoms with E-state index >= 15 is 0 Å². The molecule has 1 aromatic rings. The number of hydrogen-bond acceptors (Lipinski definition) is 5. The van der Waals surface area contributed by atoms with Crippen molar-refractivity contribution in [1.82, 2.24) is 10.6 Å². The zero-order chi connectivity index (χ0) is 19.8. The quantitative estimate of drug-likeness (QED) is 0.621. The number of amides is 1. The molecule has 1 atom stereocenters. The van der Waals surface area contributed by atoms with Crippen molar-refractivity contribution in [2.75, 3.05) is 13.2 Å². The lowest BCUT2D eigenvalue weighted by molar-refractivity contribution is -0.141. The second kappa shape index (κ2) is 9.54. The van der Waals surface area contributed by atoms with Crippen molar-refractivity contribution in [3.8, 4) is 0 Å². The van der Waals surface area contributed by atoms with E-state index in [2.05, 4.69) is 10.6 Å². The summed E-state index contributed by atoms with van der Waals surface area (Å²) in [6.45, 7) is 9.52. The second-order valence-electron chi connectivity index (χ2n) is 7.78. The molecule has 0 heterocycles. The van der Waals surface area contributed by atoms with Gasteiger partial charge in [-0.15, -0.1) is 0 Å². The van der Waals surface area contributed by atoms with Crippen molar-refractivity contribution in [1.29, 1.82) is 0 Å². The minimum Gasteiger partial charge on any atom is -0.480 e. The van der Waals surface area contributed by atoms with Crippen LogP contribution in [0.2, 0.25) is 0 Å². The lowest BCUT2D eigenvalue weighted by Gasteiger charge is -2.30. The number of hydrogen-bond donors (Lipinski definition) is 3. The standard InChI is InChI=1S/C19H30N2O5/c1-18(2,3)26-17(24)21-19(4,5)13-20-15(16(22)23)12-25-11-14-9-7-6-8-10-14/h6-10,15,20H,11-13H2,1-5H3,(H,21,24)(H,22,23)/t15-/m1/s1. The van der Waals surface area contributed by atoms with Gasteiger partial charge >= 0.3 is 12.1 Å². The van der Waals surface area contributed by atoms with Gasteiger partial charge in [-0.25, -0.2) is 4.79 Å². The van der Waals surface area contributed by atoms with Crippen LogP contribution in [-0.2, 0) is 20.9 Å². The monoisotopic (exact) mass is 366 g/mol. The van der Waals surface area contributed by atoms with E-state index in [0.717, 1.165) is 5.56 Å². The van der Waals surface area contributed by atoms with Crippen molar-refractivity contribution in [3.05, 3.63) is 35.9 Å². The topological polar surface area (TPSA) is 96.9 Å². The van der Waals surface area contributed by atoms with E-state index < -0.39 is 29.2 Å². The van der Waals surface area contributed by atoms with Gasteiger partial charge in [-0.05, 0) is 40.2 Å². The smallest absolute Gasteiger partial charge is 0.408 e. The summed E-state index contributed by atoms with van der Waals surface area (Å²) in [7, 11) is 0. The summed E-state index contributed by atoms with van der Waals surface area (Å²) in [5, 5.41) is 15.0. The summed E-state index contributed by atoms with van der Waals surface area (Å²) in [6, 6.07) is 8.66. The molecule has 0 aliphatic rings. The highest BCUT2D eigenvalue weighted by Gasteiger charge is 2.27. The van der Waals surface area contributed by atoms with Crippen LogP contribution in [0.1, 0.15) is 40.2 Å². The largest absolute Gasteiger partial charge is 0.480 e. The Morgan fingerprint density at radius 2 is 1.73 bits per heavy atom. The molecule has 0 bridgehead atoms. The fourth-order valence-corrected chi connectivity index (χ4v) is 2.09. The number of aliphatic carboxylic acids is 1. The molecule has 0 saturated heterocycles. The SMILES string of the molecule is CC(C)(CN[C@H](COCc1ccccc1)C(=O)O)NC(=O)OC(C)(C)C. The average Bonchev–Trinajstić information content (AvgIpc) is 2.48. The lowest BCUT2D eigenvalue weighted by Crippen LogP contribution is -2.55. The minimum absolute atomic E-state index is 0.0206. The van der Waals surface area contributed by atoms with Crippen LogP contribution in [0, 0.1) is 0 Å². The maximum absolute atomic E-state index is 11.9. The number of carbonyl (C=O) groups excluding carboxylic acids is 1. The molecule has 1 aromatic carbocycles. The fraction of sp³-hybridized carbons (Fsp3) is 0.579. The van der Waals surface area contributed by atoms with Crippen LogP contribution in [0.4, 0.5) is 4.79 Å². The van der Waals surface area contributed by atoms with Gasteiger partial charge in [0.25, 0.3) is 0 Å². The molecule has 26 heavy (non-hydrogen) atoms. The third kappa shape index (κ3) is 9.39. The molecule has 146 valence electrons. The fourth-order valence-electron chi connectivity index (χ4n) is 2.09. The maximum Gasteiger partial charge on any atom is 0.408 e. The van der Waals surface area contributed by atoms with Crippen molar-refractivity contribution in [2.24, 2.45) is 0 Å². The molecule has 0 saturated carbocycles. The molecule has 0 unspecified atom stereocenters. The number of nitrogens with one attached hydrogen (secondary N) is 2. The van der Waals surface area contributed by atoms with E-state index in [-0.39, 0.29) is 13.2 Å². The van der Waals surface area contributed by atoms with E-state index in [1.54, 1.807) is 34.6 Å². The van der Waals surface area contributed by atoms with Gasteiger partial charge in [0, 0.05) is 6.54 Å². The molecule has 0 aliphatic carbocycles. The first-order chi connectivity index (χ1) is 12.0. The molecule has 0 spiro atoms. The Bertz CT molecular complexity index is 581. The van der Waals surface area contributed by atoms with E-state index in [4.69, 9.17) is 9.47 Å². The number of ether oxygens (including phenoxy) is 2. The normalized spacial score (nSPS) is 13.1. The summed E-state index contributed by atoms with van der Waals surface area (Å²) in [5.74, 6) is -1.01. The van der Waals surface area contributed by atoms with Gasteiger partial charge in [0.05, 0.1) is 18.8 Å². The van der Waals surface area contributed by atoms with Crippen molar-refractivity contribution >= 4 is 12.1 Å². The van der Waals surface area contributed by atoms with E-state index in [0.29, 0.717) is 6.61 Å². The zero-order valence-corrected chi connectivity index (χ0v) is 16.2. The first-order valence-electron chi connectivity index (χ1n) is 8.57. The first kappa shape index (κ1) is 21.9. The Labute approximate surface area is 155 Å². The number of alkyl carbamates (subject to hydrolysis) is 1. The Morgan fingerprint density at radius 1 is 1.12 bits per heavy atom. The van der Waals surface area contributed by atoms with Crippen LogP contribution < -0.4 is 10.6 Å². The summed E-state index contributed by atoms with van der Waals surface area (Å²) in [5.41, 5.74) is -0.304. The third-order valence-electron chi connectivity index (χ3n) is 3.32. The third-order valence-corrected chi connectivity index (χ3v) is 3.32. The second-order valence-corrected chi connectivity index (χ2v) is 7.78. The molecule has 1 rings (SSSR count). The van der Waals surface area contributed by atoms with E-state index in [1.165, 1.54) is 0 Å². The summed E-state index contributed by atoms with van der Waals surface area (Å²) in [4.78, 5) is 23.3. The van der Waals surface area contributed by atoms with Crippen molar-refractivity contribution < 1.29 is 24.2 Å². The Hall–Kier alpha value is -2.12. The highest BCUT2D eigenvalue weighted by Crippen LogP contribution is 2.09. The molecular formula is C19H30N2O5. The highest BCUT2D eigenvalue weighted by molar-refractivity contribution is 5.73. The molecule has 0 aliphatic heterocycles. The highest BCUT2D eigenvalue weighted by atomic mass is 16.6. The maximum atomic E-state index is 11.9. The molecule has 0 aromatic heterocycles. The number of rotatable bonds is 9. The molecule has 7 nitrogen and oxygen atoms in total. The molecule has 0 radical (unpaired) electrons. The zero-order valence-electron chi connectivity index (χ0n) is 16.2. The van der Waals surface area contributed by atoms with Gasteiger partial charge in [0.2, 0.25) is 0 Å². The Balaban J connectivity index is 2.46. The van der Waals surface area contributed by atoms with Gasteiger partial charge in [0.1, 0.15) is 11.6 Å². The summed E-state index contributed by atoms with van der Waals surface area (Å²) < 4.78 is 10.7. The van der Waals surface area contributed by atoms with Gasteiger partial charge in [-0.2, -0.15) is 0 Å². The predicted molar refractivity (Wildman–Crippen MR) is 99.0 cm³/mol. The van der Waals surface area contributed by atoms with Gasteiger partial charge in [-0.1, -0.05) is 30.3 Å². The minimum atomic E-state index is -1.01. The number of carbonyl (C=O) groups is 2. The molecule has 3 N–H and O–H groups in total. The molecular weight excluding hydrogens is 336 g/mol. The Kier molecular flexibility index (Phi) is 8.05. The van der Waals surface area contributed by atoms with Crippen molar-refractivity contribution in [3.63, 3.8) is 0 Å². The summed E-state index contributed by atoms with van der Waals surface area (Å²) >= 11 is 0. The summed E-state index contributed by atoms with van der Waals surface area (Å²) in [6.07, 6.45) is -0.545. The molecule has 0 fully saturated rings. The van der Waals surface area contributed by atoms with Crippen LogP contribution in [-0.4, -0.2) is 47.5 Å². The van der Waals surface area contributed by atoms with Crippen LogP contribution >= 0.6 is 0 Å². The van der Waals surface area contributed by atoms with Gasteiger partial charge < -0.3 is 25.2 Å². The number of carboxylic acid groups (broad SMARTS) is 1. The first-order valence-corrected chi connectivity index (χ1v) is 8.57. The van der Waals surface area contributed by atoms with E-state index in [9.17, 15) is 14.7 Å². The average molecular weight is 366 g/mol. The van der Waals surface area contributed by atoms with E-state index in [1.807, 2.05) is 30.3 Å². The van der Waals surface area contributed by atoms with Crippen molar-refractivity contribution in [2.45, 2.75) is 58.4 Å². The molecule has 1 amide bonds. The van der Waals surface area contributed by atoms with Crippen LogP contribution in [0.5, 0.6) is 0 Å².